The van der Waals surface area contributed by atoms with E-state index >= 15 is 0 Å². The van der Waals surface area contributed by atoms with Crippen molar-refractivity contribution < 1.29 is 15.5 Å². The minimum atomic E-state index is -0.399. The molecule has 4 aromatic rings. The Morgan fingerprint density at radius 3 is 2.71 bits per heavy atom. The topological polar surface area (TPSA) is 120 Å². The fourth-order valence-corrected chi connectivity index (χ4v) is 4.69. The average molecular weight is 462 g/mol. The monoisotopic (exact) mass is 461 g/mol. The summed E-state index contributed by atoms with van der Waals surface area (Å²) >= 11 is 0. The Morgan fingerprint density at radius 2 is 2.00 bits per heavy atom. The van der Waals surface area contributed by atoms with Gasteiger partial charge < -0.3 is 24.6 Å². The third-order valence-corrected chi connectivity index (χ3v) is 6.07. The summed E-state index contributed by atoms with van der Waals surface area (Å²) in [5, 5.41) is 7.18. The van der Waals surface area contributed by atoms with E-state index in [-0.39, 0.29) is 25.2 Å². The lowest BCUT2D eigenvalue weighted by Crippen LogP contribution is -2.58. The molecule has 5 rings (SSSR count). The second-order valence-corrected chi connectivity index (χ2v) is 8.56. The molecule has 5 heterocycles. The summed E-state index contributed by atoms with van der Waals surface area (Å²) in [7, 11) is 0. The summed E-state index contributed by atoms with van der Waals surface area (Å²) in [6.07, 6.45) is 4.86. The molecule has 4 aromatic heterocycles. The van der Waals surface area contributed by atoms with Crippen molar-refractivity contribution in [3.8, 4) is 11.3 Å². The molecular weight excluding hydrogens is 434 g/mol. The fourth-order valence-electron chi connectivity index (χ4n) is 4.69. The number of H-pyrrole nitrogens is 1. The van der Waals surface area contributed by atoms with Crippen LogP contribution in [0, 0.1) is 0 Å². The van der Waals surface area contributed by atoms with Crippen molar-refractivity contribution >= 4 is 34.4 Å². The number of rotatable bonds is 4. The van der Waals surface area contributed by atoms with Crippen molar-refractivity contribution in [1.29, 1.82) is 0 Å². The van der Waals surface area contributed by atoms with Crippen molar-refractivity contribution in [3.63, 3.8) is 0 Å². The van der Waals surface area contributed by atoms with E-state index in [4.69, 9.17) is 9.51 Å². The van der Waals surface area contributed by atoms with Gasteiger partial charge in [0.05, 0.1) is 23.8 Å². The van der Waals surface area contributed by atoms with Gasteiger partial charge >= 0.3 is 0 Å². The number of carbonyl (C=O) groups excluding carboxylic acids is 2. The summed E-state index contributed by atoms with van der Waals surface area (Å²) in [6, 6.07) is 9.46. The Hall–Kier alpha value is -4.21. The van der Waals surface area contributed by atoms with E-state index in [1.807, 2.05) is 35.4 Å². The molecule has 1 saturated heterocycles. The molecule has 176 valence electrons. The minimum absolute atomic E-state index is 0. The van der Waals surface area contributed by atoms with Crippen LogP contribution in [0.4, 0.5) is 11.5 Å². The third kappa shape index (κ3) is 3.98. The molecule has 0 bridgehead atoms. The van der Waals surface area contributed by atoms with Crippen LogP contribution in [0.15, 0.2) is 53.4 Å². The molecule has 1 aliphatic heterocycles. The summed E-state index contributed by atoms with van der Waals surface area (Å²) in [5.41, 5.74) is 2.90. The number of anilines is 2. The van der Waals surface area contributed by atoms with E-state index in [1.165, 1.54) is 12.3 Å². The highest BCUT2D eigenvalue weighted by Crippen LogP contribution is 2.30. The summed E-state index contributed by atoms with van der Waals surface area (Å²) < 4.78 is 4.91. The van der Waals surface area contributed by atoms with Gasteiger partial charge in [0.1, 0.15) is 11.5 Å². The maximum absolute atomic E-state index is 12.3. The number of aromatic amines is 1. The van der Waals surface area contributed by atoms with Gasteiger partial charge in [-0.1, -0.05) is 11.2 Å². The van der Waals surface area contributed by atoms with Crippen LogP contribution in [0.5, 0.6) is 0 Å². The van der Waals surface area contributed by atoms with E-state index in [0.29, 0.717) is 24.4 Å². The third-order valence-electron chi connectivity index (χ3n) is 6.07. The number of carbonyl (C=O) groups is 2. The van der Waals surface area contributed by atoms with Gasteiger partial charge in [-0.05, 0) is 32.0 Å². The average Bonchev–Trinajstić information content (AvgIpc) is 3.48. The maximum atomic E-state index is 12.3. The van der Waals surface area contributed by atoms with Crippen molar-refractivity contribution in [3.05, 3.63) is 54.7 Å². The number of aromatic nitrogens is 4. The highest BCUT2D eigenvalue weighted by molar-refractivity contribution is 6.03. The van der Waals surface area contributed by atoms with Gasteiger partial charge in [-0.3, -0.25) is 9.59 Å². The highest BCUT2D eigenvalue weighted by Gasteiger charge is 2.31. The first-order chi connectivity index (χ1) is 16.4. The molecule has 0 spiro atoms. The lowest BCUT2D eigenvalue weighted by atomic mass is 10.1. The van der Waals surface area contributed by atoms with E-state index in [2.05, 4.69) is 39.2 Å². The fraction of sp³-hybridized carbons (Fsp3) is 0.292. The number of hydrogen-bond acceptors (Lipinski definition) is 7. The molecule has 0 aliphatic carbocycles. The normalized spacial score (nSPS) is 18.3. The van der Waals surface area contributed by atoms with Crippen LogP contribution in [0.3, 0.4) is 0 Å². The number of nitrogens with zero attached hydrogens (tertiary/aromatic N) is 5. The number of piperazine rings is 1. The molecule has 2 atom stereocenters. The smallest absolute Gasteiger partial charge is 0.294 e. The van der Waals surface area contributed by atoms with Gasteiger partial charge in [0, 0.05) is 56.7 Å². The molecule has 2 N–H and O–H groups in total. The second kappa shape index (κ2) is 8.62. The van der Waals surface area contributed by atoms with E-state index < -0.39 is 5.91 Å². The van der Waals surface area contributed by atoms with Crippen LogP contribution in [0.1, 0.15) is 32.8 Å². The van der Waals surface area contributed by atoms with E-state index in [9.17, 15) is 9.59 Å². The number of amides is 2. The van der Waals surface area contributed by atoms with Gasteiger partial charge in [-0.25, -0.2) is 9.97 Å². The van der Waals surface area contributed by atoms with Crippen LogP contribution in [-0.2, 0) is 4.79 Å². The van der Waals surface area contributed by atoms with E-state index in [1.54, 1.807) is 13.1 Å². The first-order valence-corrected chi connectivity index (χ1v) is 11.1. The van der Waals surface area contributed by atoms with Gasteiger partial charge in [0.25, 0.3) is 5.91 Å². The van der Waals surface area contributed by atoms with Crippen molar-refractivity contribution in [2.45, 2.75) is 32.9 Å². The number of nitrogens with one attached hydrogen (secondary N) is 2. The zero-order valence-electron chi connectivity index (χ0n) is 19.1. The molecule has 1 aliphatic rings. The Balaban J connectivity index is 0.00000289. The van der Waals surface area contributed by atoms with Crippen molar-refractivity contribution in [2.75, 3.05) is 23.3 Å². The van der Waals surface area contributed by atoms with Gasteiger partial charge in [0.15, 0.2) is 0 Å². The van der Waals surface area contributed by atoms with Crippen LogP contribution in [0.2, 0.25) is 0 Å². The Kier molecular flexibility index (Phi) is 5.48. The quantitative estimate of drug-likeness (QED) is 0.477. The van der Waals surface area contributed by atoms with Crippen LogP contribution in [0.25, 0.3) is 22.3 Å². The lowest BCUT2D eigenvalue weighted by Gasteiger charge is -2.44. The second-order valence-electron chi connectivity index (χ2n) is 8.56. The predicted octanol–water partition coefficient (Wildman–Crippen LogP) is 3.56. The number of pyridine rings is 2. The summed E-state index contributed by atoms with van der Waals surface area (Å²) in [5.74, 6) is 0.677. The zero-order chi connectivity index (χ0) is 23.8. The standard InChI is InChI=1S/C24H25N7O3.H2/c1-14-12-30(13-15(2)31(14)16(3)32)22-6-4-5-20(29-22)19-11-26-23-18(19)9-17(10-25-23)28-24(33)21-7-8-27-34-21;/h4-11,14-15H,12-13H2,1-3H3,(H,25,26)(H,28,33);1H/t14-,15+;. The molecule has 1 fully saturated rings. The molecule has 0 radical (unpaired) electrons. The largest absolute Gasteiger partial charge is 0.352 e. The minimum Gasteiger partial charge on any atom is -0.352 e. The summed E-state index contributed by atoms with van der Waals surface area (Å²) in [4.78, 5) is 41.0. The van der Waals surface area contributed by atoms with Crippen molar-refractivity contribution in [2.24, 2.45) is 0 Å². The molecule has 2 amide bonds. The molecule has 34 heavy (non-hydrogen) atoms. The molecule has 0 aromatic carbocycles. The molecule has 0 unspecified atom stereocenters. The molecular formula is C24H27N7O3. The Labute approximate surface area is 197 Å². The van der Waals surface area contributed by atoms with Gasteiger partial charge in [0.2, 0.25) is 11.7 Å². The van der Waals surface area contributed by atoms with Gasteiger partial charge in [-0.15, -0.1) is 0 Å². The summed E-state index contributed by atoms with van der Waals surface area (Å²) in [6.45, 7) is 7.18. The number of hydrogen-bond donors (Lipinski definition) is 2. The first kappa shape index (κ1) is 21.6. The molecule has 10 heteroatoms. The predicted molar refractivity (Wildman–Crippen MR) is 130 cm³/mol. The van der Waals surface area contributed by atoms with Crippen LogP contribution < -0.4 is 10.2 Å². The van der Waals surface area contributed by atoms with Crippen LogP contribution in [-0.4, -0.2) is 62.0 Å². The molecule has 0 saturated carbocycles. The Bertz CT molecular complexity index is 1340. The van der Waals surface area contributed by atoms with Crippen molar-refractivity contribution in [1.82, 2.24) is 25.0 Å². The zero-order valence-corrected chi connectivity index (χ0v) is 19.1. The maximum Gasteiger partial charge on any atom is 0.294 e. The number of fused-ring (bicyclic) bond motifs is 1. The highest BCUT2D eigenvalue weighted by atomic mass is 16.5. The Morgan fingerprint density at radius 1 is 1.21 bits per heavy atom. The van der Waals surface area contributed by atoms with Gasteiger partial charge in [-0.2, -0.15) is 0 Å². The SMILES string of the molecule is CC(=O)N1[C@H](C)CN(c2cccc(-c3c[nH]c4ncc(NC(=O)c5ccno5)cc34)n2)C[C@@H]1C.[HH]. The molecule has 10 nitrogen and oxygen atoms in total. The first-order valence-electron chi connectivity index (χ1n) is 11.1. The van der Waals surface area contributed by atoms with Crippen LogP contribution >= 0.6 is 0 Å². The lowest BCUT2D eigenvalue weighted by molar-refractivity contribution is -0.133. The van der Waals surface area contributed by atoms with E-state index in [0.717, 1.165) is 22.5 Å².